The van der Waals surface area contributed by atoms with E-state index >= 15 is 0 Å². The summed E-state index contributed by atoms with van der Waals surface area (Å²) < 4.78 is 5.66. The molecule has 0 atom stereocenters. The molecule has 0 amide bonds. The summed E-state index contributed by atoms with van der Waals surface area (Å²) in [5, 5.41) is 0. The summed E-state index contributed by atoms with van der Waals surface area (Å²) in [5.74, 6) is 1.18. The molecule has 0 aliphatic carbocycles. The topological polar surface area (TPSA) is 26.0 Å². The number of hydrogen-bond donors (Lipinski definition) is 0. The third-order valence-corrected chi connectivity index (χ3v) is 2.37. The van der Waals surface area contributed by atoms with Crippen LogP contribution in [-0.4, -0.2) is 4.98 Å². The van der Waals surface area contributed by atoms with E-state index in [1.165, 1.54) is 5.56 Å². The van der Waals surface area contributed by atoms with Gasteiger partial charge in [-0.15, -0.1) is 0 Å². The van der Waals surface area contributed by atoms with E-state index in [0.29, 0.717) is 5.92 Å². The first kappa shape index (κ1) is 9.25. The molecule has 74 valence electrons. The van der Waals surface area contributed by atoms with Crippen LogP contribution in [0.5, 0.6) is 0 Å². The summed E-state index contributed by atoms with van der Waals surface area (Å²) in [6.45, 7) is 6.32. The van der Waals surface area contributed by atoms with Gasteiger partial charge in [-0.2, -0.15) is 0 Å². The molecule has 2 rings (SSSR count). The zero-order chi connectivity index (χ0) is 10.1. The Labute approximate surface area is 84.0 Å². The standard InChI is InChI=1S/C12H15NO/c1-4-9-5-6-10-11(7-9)14-12(13-10)8(2)3/h5-8H,4H2,1-3H3. The molecule has 2 heteroatoms. The molecule has 2 aromatic rings. The van der Waals surface area contributed by atoms with Crippen molar-refractivity contribution >= 4 is 11.1 Å². The van der Waals surface area contributed by atoms with E-state index in [1.807, 2.05) is 6.07 Å². The van der Waals surface area contributed by atoms with E-state index in [0.717, 1.165) is 23.4 Å². The molecule has 14 heavy (non-hydrogen) atoms. The maximum absolute atomic E-state index is 5.66. The molecule has 0 bridgehead atoms. The number of hydrogen-bond acceptors (Lipinski definition) is 2. The summed E-state index contributed by atoms with van der Waals surface area (Å²) in [6, 6.07) is 6.22. The zero-order valence-corrected chi connectivity index (χ0v) is 8.87. The van der Waals surface area contributed by atoms with Crippen LogP contribution in [0.15, 0.2) is 22.6 Å². The Morgan fingerprint density at radius 1 is 1.36 bits per heavy atom. The van der Waals surface area contributed by atoms with Crippen molar-refractivity contribution in [2.24, 2.45) is 0 Å². The number of fused-ring (bicyclic) bond motifs is 1. The van der Waals surface area contributed by atoms with Crippen molar-refractivity contribution in [2.45, 2.75) is 33.1 Å². The number of oxazole rings is 1. The van der Waals surface area contributed by atoms with Gasteiger partial charge in [0.2, 0.25) is 0 Å². The monoisotopic (exact) mass is 189 g/mol. The van der Waals surface area contributed by atoms with Crippen molar-refractivity contribution in [1.29, 1.82) is 0 Å². The Morgan fingerprint density at radius 2 is 2.14 bits per heavy atom. The van der Waals surface area contributed by atoms with Gasteiger partial charge in [-0.25, -0.2) is 4.98 Å². The average molecular weight is 189 g/mol. The van der Waals surface area contributed by atoms with Crippen molar-refractivity contribution in [1.82, 2.24) is 4.98 Å². The van der Waals surface area contributed by atoms with Crippen molar-refractivity contribution < 1.29 is 4.42 Å². The highest BCUT2D eigenvalue weighted by atomic mass is 16.3. The van der Waals surface area contributed by atoms with Crippen LogP contribution < -0.4 is 0 Å². The maximum atomic E-state index is 5.66. The lowest BCUT2D eigenvalue weighted by Crippen LogP contribution is -1.84. The predicted octanol–water partition coefficient (Wildman–Crippen LogP) is 3.51. The first-order chi connectivity index (χ1) is 6.70. The molecule has 1 aromatic heterocycles. The van der Waals surface area contributed by atoms with Crippen LogP contribution in [0.25, 0.3) is 11.1 Å². The lowest BCUT2D eigenvalue weighted by atomic mass is 10.1. The van der Waals surface area contributed by atoms with Crippen LogP contribution in [-0.2, 0) is 6.42 Å². The van der Waals surface area contributed by atoms with Gasteiger partial charge in [-0.1, -0.05) is 26.8 Å². The van der Waals surface area contributed by atoms with Crippen LogP contribution in [0.3, 0.4) is 0 Å². The second kappa shape index (κ2) is 3.45. The van der Waals surface area contributed by atoms with E-state index in [-0.39, 0.29) is 0 Å². The molecule has 0 fully saturated rings. The molecular weight excluding hydrogens is 174 g/mol. The number of rotatable bonds is 2. The van der Waals surface area contributed by atoms with Crippen LogP contribution in [0.1, 0.15) is 38.1 Å². The average Bonchev–Trinajstić information content (AvgIpc) is 2.59. The Morgan fingerprint density at radius 3 is 2.79 bits per heavy atom. The summed E-state index contributed by atoms with van der Waals surface area (Å²) in [6.07, 6.45) is 1.04. The van der Waals surface area contributed by atoms with Gasteiger partial charge in [0.1, 0.15) is 5.52 Å². The maximum Gasteiger partial charge on any atom is 0.198 e. The molecule has 0 N–H and O–H groups in total. The summed E-state index contributed by atoms with van der Waals surface area (Å²) in [5.41, 5.74) is 3.17. The van der Waals surface area contributed by atoms with Crippen molar-refractivity contribution in [3.05, 3.63) is 29.7 Å². The largest absolute Gasteiger partial charge is 0.440 e. The van der Waals surface area contributed by atoms with Gasteiger partial charge in [0.15, 0.2) is 11.5 Å². The summed E-state index contributed by atoms with van der Waals surface area (Å²) in [4.78, 5) is 4.42. The SMILES string of the molecule is CCc1ccc2nc(C(C)C)oc2c1. The quantitative estimate of drug-likeness (QED) is 0.722. The van der Waals surface area contributed by atoms with Gasteiger partial charge in [-0.05, 0) is 24.1 Å². The number of aryl methyl sites for hydroxylation is 1. The minimum absolute atomic E-state index is 0.354. The third-order valence-electron chi connectivity index (χ3n) is 2.37. The molecule has 0 radical (unpaired) electrons. The van der Waals surface area contributed by atoms with Gasteiger partial charge >= 0.3 is 0 Å². The Hall–Kier alpha value is -1.31. The summed E-state index contributed by atoms with van der Waals surface area (Å²) >= 11 is 0. The fraction of sp³-hybridized carbons (Fsp3) is 0.417. The molecule has 1 heterocycles. The first-order valence-electron chi connectivity index (χ1n) is 5.10. The normalized spacial score (nSPS) is 11.4. The van der Waals surface area contributed by atoms with E-state index < -0.39 is 0 Å². The zero-order valence-electron chi connectivity index (χ0n) is 8.87. The smallest absolute Gasteiger partial charge is 0.198 e. The van der Waals surface area contributed by atoms with Crippen molar-refractivity contribution in [3.63, 3.8) is 0 Å². The molecular formula is C12H15NO. The highest BCUT2D eigenvalue weighted by Gasteiger charge is 2.08. The lowest BCUT2D eigenvalue weighted by Gasteiger charge is -1.94. The van der Waals surface area contributed by atoms with Crippen LogP contribution >= 0.6 is 0 Å². The van der Waals surface area contributed by atoms with Crippen LogP contribution in [0.2, 0.25) is 0 Å². The fourth-order valence-electron chi connectivity index (χ4n) is 1.45. The van der Waals surface area contributed by atoms with E-state index in [2.05, 4.69) is 37.9 Å². The number of nitrogens with zero attached hydrogens (tertiary/aromatic N) is 1. The fourth-order valence-corrected chi connectivity index (χ4v) is 1.45. The molecule has 1 aromatic carbocycles. The second-order valence-corrected chi connectivity index (χ2v) is 3.86. The van der Waals surface area contributed by atoms with Gasteiger partial charge < -0.3 is 4.42 Å². The first-order valence-corrected chi connectivity index (χ1v) is 5.10. The van der Waals surface area contributed by atoms with Crippen molar-refractivity contribution in [2.75, 3.05) is 0 Å². The second-order valence-electron chi connectivity index (χ2n) is 3.86. The molecule has 0 aliphatic heterocycles. The Kier molecular flexibility index (Phi) is 2.28. The molecule has 0 saturated heterocycles. The Bertz CT molecular complexity index is 443. The van der Waals surface area contributed by atoms with Gasteiger partial charge in [0, 0.05) is 5.92 Å². The summed E-state index contributed by atoms with van der Waals surface area (Å²) in [7, 11) is 0. The molecule has 0 unspecified atom stereocenters. The van der Waals surface area contributed by atoms with E-state index in [1.54, 1.807) is 0 Å². The lowest BCUT2D eigenvalue weighted by molar-refractivity contribution is 0.501. The predicted molar refractivity (Wildman–Crippen MR) is 57.5 cm³/mol. The molecule has 2 nitrogen and oxygen atoms in total. The van der Waals surface area contributed by atoms with E-state index in [9.17, 15) is 0 Å². The Balaban J connectivity index is 2.54. The van der Waals surface area contributed by atoms with Gasteiger partial charge in [0.25, 0.3) is 0 Å². The number of aromatic nitrogens is 1. The molecule has 0 spiro atoms. The van der Waals surface area contributed by atoms with Crippen LogP contribution in [0.4, 0.5) is 0 Å². The molecule has 0 saturated carbocycles. The highest BCUT2D eigenvalue weighted by Crippen LogP contribution is 2.21. The van der Waals surface area contributed by atoms with E-state index in [4.69, 9.17) is 4.42 Å². The minimum Gasteiger partial charge on any atom is -0.440 e. The van der Waals surface area contributed by atoms with Crippen molar-refractivity contribution in [3.8, 4) is 0 Å². The minimum atomic E-state index is 0.354. The molecule has 0 aliphatic rings. The van der Waals surface area contributed by atoms with Crippen LogP contribution in [0, 0.1) is 0 Å². The highest BCUT2D eigenvalue weighted by molar-refractivity contribution is 5.73. The third kappa shape index (κ3) is 1.52. The van der Waals surface area contributed by atoms with Gasteiger partial charge in [0.05, 0.1) is 0 Å². The number of benzene rings is 1. The van der Waals surface area contributed by atoms with Gasteiger partial charge in [-0.3, -0.25) is 0 Å².